The van der Waals surface area contributed by atoms with Crippen molar-refractivity contribution in [2.45, 2.75) is 46.4 Å². The lowest BCUT2D eigenvalue weighted by molar-refractivity contribution is 0.0750. The predicted octanol–water partition coefficient (Wildman–Crippen LogP) is 5.69. The van der Waals surface area contributed by atoms with Gasteiger partial charge in [-0.1, -0.05) is 55.1 Å². The van der Waals surface area contributed by atoms with Gasteiger partial charge in [-0.05, 0) is 72.2 Å². The maximum Gasteiger partial charge on any atom is 0.254 e. The Labute approximate surface area is 196 Å². The first-order valence-electron chi connectivity index (χ1n) is 11.4. The van der Waals surface area contributed by atoms with E-state index in [4.69, 9.17) is 9.84 Å². The minimum atomic E-state index is 0.0257. The Morgan fingerprint density at radius 1 is 1.00 bits per heavy atom. The molecule has 33 heavy (non-hydrogen) atoms. The Morgan fingerprint density at radius 2 is 1.76 bits per heavy atom. The fourth-order valence-electron chi connectivity index (χ4n) is 4.30. The standard InChI is InChI=1S/C29H31NO3/c1-20(2)26-16-27(21(3)14-28(26)33-19-23-8-5-4-6-9-23)29(32)30-17-24-12-11-22(10-7-13-31)15-25(24)18-30/h4-6,8-9,11-12,14-16,31H,1,7,10,13,17-19H2,2-3H3. The van der Waals surface area contributed by atoms with Crippen LogP contribution in [0, 0.1) is 6.92 Å². The monoisotopic (exact) mass is 441 g/mol. The molecule has 0 bridgehead atoms. The average molecular weight is 442 g/mol. The zero-order valence-electron chi connectivity index (χ0n) is 19.4. The zero-order chi connectivity index (χ0) is 23.4. The molecular formula is C29H31NO3. The number of hydrogen-bond acceptors (Lipinski definition) is 3. The Balaban J connectivity index is 1.53. The summed E-state index contributed by atoms with van der Waals surface area (Å²) in [5.74, 6) is 0.774. The number of amides is 1. The van der Waals surface area contributed by atoms with Gasteiger partial charge >= 0.3 is 0 Å². The Hall–Kier alpha value is -3.37. The highest BCUT2D eigenvalue weighted by molar-refractivity contribution is 5.97. The summed E-state index contributed by atoms with van der Waals surface area (Å²) in [6.45, 7) is 9.89. The topological polar surface area (TPSA) is 49.8 Å². The minimum absolute atomic E-state index is 0.0257. The van der Waals surface area contributed by atoms with Gasteiger partial charge in [0.2, 0.25) is 0 Å². The van der Waals surface area contributed by atoms with E-state index in [-0.39, 0.29) is 12.5 Å². The highest BCUT2D eigenvalue weighted by atomic mass is 16.5. The number of carbonyl (C=O) groups is 1. The van der Waals surface area contributed by atoms with Crippen LogP contribution in [-0.4, -0.2) is 22.5 Å². The smallest absolute Gasteiger partial charge is 0.254 e. The molecule has 0 aromatic heterocycles. The summed E-state index contributed by atoms with van der Waals surface area (Å²) in [5.41, 5.74) is 8.00. The lowest BCUT2D eigenvalue weighted by Crippen LogP contribution is -2.26. The van der Waals surface area contributed by atoms with Crippen molar-refractivity contribution in [3.8, 4) is 5.75 Å². The molecule has 4 nitrogen and oxygen atoms in total. The molecule has 0 spiro atoms. The number of allylic oxidation sites excluding steroid dienone is 1. The van der Waals surface area contributed by atoms with Crippen molar-refractivity contribution in [3.63, 3.8) is 0 Å². The van der Waals surface area contributed by atoms with Gasteiger partial charge in [0.05, 0.1) is 0 Å². The highest BCUT2D eigenvalue weighted by Crippen LogP contribution is 2.32. The number of nitrogens with zero attached hydrogens (tertiary/aromatic N) is 1. The first-order valence-corrected chi connectivity index (χ1v) is 11.4. The molecule has 3 aromatic carbocycles. The van der Waals surface area contributed by atoms with Crippen LogP contribution in [-0.2, 0) is 26.1 Å². The molecule has 0 saturated heterocycles. The fourth-order valence-corrected chi connectivity index (χ4v) is 4.30. The molecule has 0 aliphatic carbocycles. The normalized spacial score (nSPS) is 12.5. The Kier molecular flexibility index (Phi) is 6.95. The number of aryl methyl sites for hydroxylation is 2. The molecular weight excluding hydrogens is 410 g/mol. The van der Waals surface area contributed by atoms with Crippen LogP contribution in [0.1, 0.15) is 57.1 Å². The largest absolute Gasteiger partial charge is 0.488 e. The molecule has 1 heterocycles. The second-order valence-electron chi connectivity index (χ2n) is 8.81. The Morgan fingerprint density at radius 3 is 2.48 bits per heavy atom. The van der Waals surface area contributed by atoms with Gasteiger partial charge in [0.15, 0.2) is 0 Å². The first-order chi connectivity index (χ1) is 16.0. The van der Waals surface area contributed by atoms with E-state index < -0.39 is 0 Å². The van der Waals surface area contributed by atoms with E-state index in [9.17, 15) is 4.79 Å². The van der Waals surface area contributed by atoms with Crippen LogP contribution in [0.15, 0.2) is 67.2 Å². The van der Waals surface area contributed by atoms with E-state index in [1.54, 1.807) is 0 Å². The number of aliphatic hydroxyl groups is 1. The lowest BCUT2D eigenvalue weighted by Gasteiger charge is -2.20. The molecule has 170 valence electrons. The SMILES string of the molecule is C=C(C)c1cc(C(=O)N2Cc3ccc(CCCO)cc3C2)c(C)cc1OCc1ccccc1. The average Bonchev–Trinajstić information content (AvgIpc) is 3.25. The van der Waals surface area contributed by atoms with Crippen molar-refractivity contribution < 1.29 is 14.6 Å². The third-order valence-corrected chi connectivity index (χ3v) is 6.16. The van der Waals surface area contributed by atoms with Crippen LogP contribution in [0.3, 0.4) is 0 Å². The van der Waals surface area contributed by atoms with Crippen molar-refractivity contribution in [2.75, 3.05) is 6.61 Å². The molecule has 1 aliphatic heterocycles. The van der Waals surface area contributed by atoms with Crippen molar-refractivity contribution in [2.24, 2.45) is 0 Å². The molecule has 3 aromatic rings. The van der Waals surface area contributed by atoms with Crippen LogP contribution in [0.25, 0.3) is 5.57 Å². The van der Waals surface area contributed by atoms with Crippen LogP contribution in [0.4, 0.5) is 0 Å². The van der Waals surface area contributed by atoms with Gasteiger partial charge in [0, 0.05) is 30.8 Å². The summed E-state index contributed by atoms with van der Waals surface area (Å²) >= 11 is 0. The van der Waals surface area contributed by atoms with Crippen LogP contribution >= 0.6 is 0 Å². The molecule has 1 aliphatic rings. The van der Waals surface area contributed by atoms with E-state index in [1.165, 1.54) is 16.7 Å². The third-order valence-electron chi connectivity index (χ3n) is 6.16. The van der Waals surface area contributed by atoms with Crippen molar-refractivity contribution in [1.29, 1.82) is 0 Å². The van der Waals surface area contributed by atoms with Crippen LogP contribution in [0.2, 0.25) is 0 Å². The number of fused-ring (bicyclic) bond motifs is 1. The van der Waals surface area contributed by atoms with E-state index in [2.05, 4.69) is 24.8 Å². The van der Waals surface area contributed by atoms with Crippen molar-refractivity contribution in [1.82, 2.24) is 4.90 Å². The molecule has 1 N–H and O–H groups in total. The van der Waals surface area contributed by atoms with Gasteiger partial charge in [-0.25, -0.2) is 0 Å². The summed E-state index contributed by atoms with van der Waals surface area (Å²) in [6, 6.07) is 20.3. The third kappa shape index (κ3) is 5.18. The number of rotatable bonds is 8. The molecule has 0 radical (unpaired) electrons. The highest BCUT2D eigenvalue weighted by Gasteiger charge is 2.26. The number of carbonyl (C=O) groups excluding carboxylic acids is 1. The van der Waals surface area contributed by atoms with Gasteiger partial charge in [0.25, 0.3) is 5.91 Å². The van der Waals surface area contributed by atoms with Gasteiger partial charge in [-0.2, -0.15) is 0 Å². The van der Waals surface area contributed by atoms with E-state index in [0.29, 0.717) is 25.3 Å². The molecule has 0 unspecified atom stereocenters. The second-order valence-corrected chi connectivity index (χ2v) is 8.81. The summed E-state index contributed by atoms with van der Waals surface area (Å²) < 4.78 is 6.12. The maximum absolute atomic E-state index is 13.5. The van der Waals surface area contributed by atoms with E-state index in [0.717, 1.165) is 40.9 Å². The van der Waals surface area contributed by atoms with Gasteiger partial charge in [0.1, 0.15) is 12.4 Å². The molecule has 4 heteroatoms. The molecule has 0 atom stereocenters. The first kappa shape index (κ1) is 22.8. The van der Waals surface area contributed by atoms with Gasteiger partial charge in [-0.3, -0.25) is 4.79 Å². The molecule has 0 fully saturated rings. The second kappa shape index (κ2) is 10.1. The Bertz CT molecular complexity index is 1170. The van der Waals surface area contributed by atoms with Crippen molar-refractivity contribution in [3.05, 3.63) is 106 Å². The molecule has 4 rings (SSSR count). The summed E-state index contributed by atoms with van der Waals surface area (Å²) in [5, 5.41) is 9.09. The summed E-state index contributed by atoms with van der Waals surface area (Å²) in [4.78, 5) is 15.4. The van der Waals surface area contributed by atoms with E-state index >= 15 is 0 Å². The summed E-state index contributed by atoms with van der Waals surface area (Å²) in [7, 11) is 0. The lowest BCUT2D eigenvalue weighted by atomic mass is 9.99. The molecule has 1 amide bonds. The number of hydrogen-bond donors (Lipinski definition) is 1. The number of benzene rings is 3. The number of aliphatic hydroxyl groups excluding tert-OH is 1. The van der Waals surface area contributed by atoms with Crippen LogP contribution < -0.4 is 4.74 Å². The predicted molar refractivity (Wildman–Crippen MR) is 132 cm³/mol. The van der Waals surface area contributed by atoms with Gasteiger partial charge in [-0.15, -0.1) is 0 Å². The zero-order valence-corrected chi connectivity index (χ0v) is 19.4. The van der Waals surface area contributed by atoms with Gasteiger partial charge < -0.3 is 14.7 Å². The summed E-state index contributed by atoms with van der Waals surface area (Å²) in [6.07, 6.45) is 1.60. The van der Waals surface area contributed by atoms with Crippen molar-refractivity contribution >= 4 is 11.5 Å². The van der Waals surface area contributed by atoms with E-state index in [1.807, 2.05) is 61.2 Å². The quantitative estimate of drug-likeness (QED) is 0.489. The minimum Gasteiger partial charge on any atom is -0.488 e. The fraction of sp³-hybridized carbons (Fsp3) is 0.276. The molecule has 0 saturated carbocycles. The number of ether oxygens (including phenoxy) is 1. The van der Waals surface area contributed by atoms with Crippen LogP contribution in [0.5, 0.6) is 5.75 Å². The maximum atomic E-state index is 13.5.